The minimum atomic E-state index is 0.689. The van der Waals surface area contributed by atoms with Crippen molar-refractivity contribution >= 4 is 0 Å². The number of unbranched alkanes of at least 4 members (excludes halogenated alkanes) is 2. The fourth-order valence-electron chi connectivity index (χ4n) is 0.699. The van der Waals surface area contributed by atoms with Gasteiger partial charge >= 0.3 is 0 Å². The molecule has 0 aliphatic heterocycles. The second kappa shape index (κ2) is 8.26. The SMILES string of the molecule is C#CCNCCCCC=C. The molecule has 0 aromatic heterocycles. The van der Waals surface area contributed by atoms with Crippen LogP contribution >= 0.6 is 0 Å². The van der Waals surface area contributed by atoms with E-state index in [9.17, 15) is 0 Å². The fraction of sp³-hybridized carbons (Fsp3) is 0.556. The highest BCUT2D eigenvalue weighted by molar-refractivity contribution is 4.86. The third kappa shape index (κ3) is 7.26. The van der Waals surface area contributed by atoms with Gasteiger partial charge in [0.15, 0.2) is 0 Å². The van der Waals surface area contributed by atoms with E-state index in [1.165, 1.54) is 12.8 Å². The van der Waals surface area contributed by atoms with Gasteiger partial charge in [-0.15, -0.1) is 13.0 Å². The summed E-state index contributed by atoms with van der Waals surface area (Å²) in [5.41, 5.74) is 0. The highest BCUT2D eigenvalue weighted by Gasteiger charge is 1.83. The van der Waals surface area contributed by atoms with Crippen molar-refractivity contribution in [3.05, 3.63) is 12.7 Å². The summed E-state index contributed by atoms with van der Waals surface area (Å²) < 4.78 is 0. The van der Waals surface area contributed by atoms with Gasteiger partial charge in [0.1, 0.15) is 0 Å². The number of hydrogen-bond donors (Lipinski definition) is 1. The third-order valence-electron chi connectivity index (χ3n) is 1.24. The van der Waals surface area contributed by atoms with Crippen LogP contribution in [0.25, 0.3) is 0 Å². The molecule has 0 atom stereocenters. The largest absolute Gasteiger partial charge is 0.306 e. The van der Waals surface area contributed by atoms with Crippen LogP contribution in [0, 0.1) is 12.3 Å². The first-order valence-electron chi connectivity index (χ1n) is 3.67. The van der Waals surface area contributed by atoms with Crippen LogP contribution in [0.1, 0.15) is 19.3 Å². The second-order valence-electron chi connectivity index (χ2n) is 2.17. The molecular formula is C9H15N. The monoisotopic (exact) mass is 137 g/mol. The van der Waals surface area contributed by atoms with Crippen molar-refractivity contribution in [2.24, 2.45) is 0 Å². The van der Waals surface area contributed by atoms with Crippen molar-refractivity contribution in [3.8, 4) is 12.3 Å². The highest BCUT2D eigenvalue weighted by atomic mass is 14.8. The number of hydrogen-bond acceptors (Lipinski definition) is 1. The lowest BCUT2D eigenvalue weighted by Crippen LogP contribution is -2.14. The molecule has 1 heteroatoms. The van der Waals surface area contributed by atoms with Crippen molar-refractivity contribution in [1.29, 1.82) is 0 Å². The van der Waals surface area contributed by atoms with Crippen molar-refractivity contribution in [3.63, 3.8) is 0 Å². The number of nitrogens with one attached hydrogen (secondary N) is 1. The molecule has 1 N–H and O–H groups in total. The van der Waals surface area contributed by atoms with E-state index in [4.69, 9.17) is 6.42 Å². The predicted octanol–water partition coefficient (Wildman–Crippen LogP) is 1.57. The van der Waals surface area contributed by atoms with Gasteiger partial charge in [-0.05, 0) is 25.8 Å². The lowest BCUT2D eigenvalue weighted by Gasteiger charge is -1.97. The molecule has 10 heavy (non-hydrogen) atoms. The summed E-state index contributed by atoms with van der Waals surface area (Å²) in [6, 6.07) is 0. The highest BCUT2D eigenvalue weighted by Crippen LogP contribution is 1.92. The molecule has 0 radical (unpaired) electrons. The Hall–Kier alpha value is -0.740. The van der Waals surface area contributed by atoms with E-state index in [1.54, 1.807) is 0 Å². The smallest absolute Gasteiger partial charge is 0.0573 e. The summed E-state index contributed by atoms with van der Waals surface area (Å²) in [6.07, 6.45) is 10.5. The zero-order valence-corrected chi connectivity index (χ0v) is 6.40. The zero-order chi connectivity index (χ0) is 7.66. The summed E-state index contributed by atoms with van der Waals surface area (Å²) in [5, 5.41) is 3.12. The summed E-state index contributed by atoms with van der Waals surface area (Å²) in [7, 11) is 0. The molecule has 0 saturated heterocycles. The maximum absolute atomic E-state index is 5.04. The van der Waals surface area contributed by atoms with E-state index in [0.717, 1.165) is 13.0 Å². The van der Waals surface area contributed by atoms with Gasteiger partial charge in [0.2, 0.25) is 0 Å². The first-order chi connectivity index (χ1) is 4.91. The number of rotatable bonds is 6. The van der Waals surface area contributed by atoms with Crippen molar-refractivity contribution in [2.75, 3.05) is 13.1 Å². The number of allylic oxidation sites excluding steroid dienone is 1. The molecule has 1 nitrogen and oxygen atoms in total. The summed E-state index contributed by atoms with van der Waals surface area (Å²) >= 11 is 0. The minimum Gasteiger partial charge on any atom is -0.306 e. The van der Waals surface area contributed by atoms with Crippen LogP contribution < -0.4 is 5.32 Å². The Labute approximate surface area is 63.5 Å². The Kier molecular flexibility index (Phi) is 7.65. The lowest BCUT2D eigenvalue weighted by atomic mass is 10.2. The first-order valence-corrected chi connectivity index (χ1v) is 3.67. The zero-order valence-electron chi connectivity index (χ0n) is 6.40. The molecule has 0 rings (SSSR count). The van der Waals surface area contributed by atoms with Crippen molar-refractivity contribution in [2.45, 2.75) is 19.3 Å². The maximum Gasteiger partial charge on any atom is 0.0573 e. The molecule has 0 aliphatic carbocycles. The molecule has 0 spiro atoms. The third-order valence-corrected chi connectivity index (χ3v) is 1.24. The van der Waals surface area contributed by atoms with Crippen LogP contribution in [0.2, 0.25) is 0 Å². The Balaban J connectivity index is 2.78. The van der Waals surface area contributed by atoms with Crippen LogP contribution in [0.15, 0.2) is 12.7 Å². The van der Waals surface area contributed by atoms with Gasteiger partial charge in [-0.25, -0.2) is 0 Å². The van der Waals surface area contributed by atoms with Crippen LogP contribution in [0.4, 0.5) is 0 Å². The van der Waals surface area contributed by atoms with E-state index in [1.807, 2.05) is 6.08 Å². The average Bonchev–Trinajstić information content (AvgIpc) is 1.97. The molecule has 0 amide bonds. The Morgan fingerprint density at radius 3 is 2.90 bits per heavy atom. The Morgan fingerprint density at radius 2 is 2.30 bits per heavy atom. The van der Waals surface area contributed by atoms with Crippen molar-refractivity contribution in [1.82, 2.24) is 5.32 Å². The molecule has 0 aliphatic rings. The number of terminal acetylenes is 1. The van der Waals surface area contributed by atoms with Gasteiger partial charge in [-0.3, -0.25) is 0 Å². The van der Waals surface area contributed by atoms with E-state index in [0.29, 0.717) is 6.54 Å². The first kappa shape index (κ1) is 9.26. The lowest BCUT2D eigenvalue weighted by molar-refractivity contribution is 0.665. The molecule has 0 saturated carbocycles. The van der Waals surface area contributed by atoms with Crippen molar-refractivity contribution < 1.29 is 0 Å². The average molecular weight is 137 g/mol. The van der Waals surface area contributed by atoms with Gasteiger partial charge in [-0.2, -0.15) is 0 Å². The van der Waals surface area contributed by atoms with E-state index in [-0.39, 0.29) is 0 Å². The maximum atomic E-state index is 5.04. The molecular weight excluding hydrogens is 122 g/mol. The van der Waals surface area contributed by atoms with Crippen LogP contribution in [-0.2, 0) is 0 Å². The second-order valence-corrected chi connectivity index (χ2v) is 2.17. The molecule has 56 valence electrons. The Morgan fingerprint density at radius 1 is 1.50 bits per heavy atom. The van der Waals surface area contributed by atoms with Crippen LogP contribution in [0.3, 0.4) is 0 Å². The van der Waals surface area contributed by atoms with Gasteiger partial charge < -0.3 is 5.32 Å². The predicted molar refractivity (Wildman–Crippen MR) is 45.8 cm³/mol. The molecule has 0 bridgehead atoms. The summed E-state index contributed by atoms with van der Waals surface area (Å²) in [4.78, 5) is 0. The summed E-state index contributed by atoms with van der Waals surface area (Å²) in [5.74, 6) is 2.53. The standard InChI is InChI=1S/C9H15N/c1-3-5-6-7-9-10-8-4-2/h2-3,10H,1,5-9H2. The van der Waals surface area contributed by atoms with Gasteiger partial charge in [0.25, 0.3) is 0 Å². The quantitative estimate of drug-likeness (QED) is 0.333. The molecule has 0 heterocycles. The summed E-state index contributed by atoms with van der Waals surface area (Å²) in [6.45, 7) is 5.36. The minimum absolute atomic E-state index is 0.689. The van der Waals surface area contributed by atoms with Crippen LogP contribution in [0.5, 0.6) is 0 Å². The van der Waals surface area contributed by atoms with Gasteiger partial charge in [0.05, 0.1) is 6.54 Å². The topological polar surface area (TPSA) is 12.0 Å². The van der Waals surface area contributed by atoms with Gasteiger partial charge in [-0.1, -0.05) is 12.0 Å². The van der Waals surface area contributed by atoms with E-state index < -0.39 is 0 Å². The van der Waals surface area contributed by atoms with E-state index >= 15 is 0 Å². The Bertz CT molecular complexity index is 110. The van der Waals surface area contributed by atoms with E-state index in [2.05, 4.69) is 17.8 Å². The molecule has 0 fully saturated rings. The molecule has 0 aromatic carbocycles. The van der Waals surface area contributed by atoms with Crippen LogP contribution in [-0.4, -0.2) is 13.1 Å². The molecule has 0 aromatic rings. The molecule has 0 unspecified atom stereocenters. The van der Waals surface area contributed by atoms with Gasteiger partial charge in [0, 0.05) is 0 Å². The normalized spacial score (nSPS) is 8.70. The fourth-order valence-corrected chi connectivity index (χ4v) is 0.699.